The zero-order chi connectivity index (χ0) is 32.7. The van der Waals surface area contributed by atoms with Crippen LogP contribution in [0.1, 0.15) is 71.0 Å². The van der Waals surface area contributed by atoms with Crippen molar-refractivity contribution in [2.24, 2.45) is 0 Å². The van der Waals surface area contributed by atoms with Gasteiger partial charge >= 0.3 is 12.0 Å². The monoisotopic (exact) mass is 633 g/mol. The summed E-state index contributed by atoms with van der Waals surface area (Å²) < 4.78 is 41.8. The second-order valence-electron chi connectivity index (χ2n) is 13.0. The Morgan fingerprint density at radius 3 is 2.48 bits per heavy atom. The van der Waals surface area contributed by atoms with Crippen LogP contribution in [-0.2, 0) is 9.53 Å². The molecule has 2 aromatic heterocycles. The second kappa shape index (κ2) is 12.3. The first-order chi connectivity index (χ1) is 21.9. The Balaban J connectivity index is 1.21. The molecule has 6 rings (SSSR count). The number of nitrogens with zero attached hydrogens (tertiary/aromatic N) is 7. The van der Waals surface area contributed by atoms with E-state index in [0.29, 0.717) is 47.3 Å². The minimum atomic E-state index is -0.678. The third-order valence-corrected chi connectivity index (χ3v) is 8.21. The zero-order valence-corrected chi connectivity index (χ0v) is 26.6. The SMILES string of the molecule is CC(C)c1nc(C2CCN(c3ncnc4c(-c5ccc(N6CCN(CC(=O)OC(C)(C)C)C6=O)c(F)c5)ccc(F)c34)CC2)no1. The Morgan fingerprint density at radius 1 is 1.04 bits per heavy atom. The molecule has 4 aromatic rings. The van der Waals surface area contributed by atoms with Gasteiger partial charge in [0.1, 0.15) is 35.9 Å². The molecule has 0 unspecified atom stereocenters. The van der Waals surface area contributed by atoms with Gasteiger partial charge in [-0.25, -0.2) is 23.5 Å². The van der Waals surface area contributed by atoms with Crippen LogP contribution in [0.2, 0.25) is 0 Å². The summed E-state index contributed by atoms with van der Waals surface area (Å²) in [5.74, 6) is 0.450. The van der Waals surface area contributed by atoms with Crippen molar-refractivity contribution in [3.63, 3.8) is 0 Å². The number of ether oxygens (including phenoxy) is 1. The Hall–Kier alpha value is -4.68. The molecule has 13 heteroatoms. The number of esters is 1. The van der Waals surface area contributed by atoms with Gasteiger partial charge in [-0.3, -0.25) is 9.69 Å². The lowest BCUT2D eigenvalue weighted by atomic mass is 9.95. The smallest absolute Gasteiger partial charge is 0.326 e. The van der Waals surface area contributed by atoms with Crippen LogP contribution in [0, 0.1) is 11.6 Å². The third-order valence-electron chi connectivity index (χ3n) is 8.21. The van der Waals surface area contributed by atoms with Crippen LogP contribution in [0.25, 0.3) is 22.0 Å². The molecule has 2 aliphatic rings. The number of carbonyl (C=O) groups excluding carboxylic acids is 2. The second-order valence-corrected chi connectivity index (χ2v) is 13.0. The molecule has 2 amide bonds. The van der Waals surface area contributed by atoms with E-state index in [1.54, 1.807) is 32.9 Å². The lowest BCUT2D eigenvalue weighted by Crippen LogP contribution is -2.38. The van der Waals surface area contributed by atoms with Gasteiger partial charge in [0.2, 0.25) is 5.89 Å². The van der Waals surface area contributed by atoms with Crippen LogP contribution in [-0.4, -0.2) is 75.3 Å². The van der Waals surface area contributed by atoms with Gasteiger partial charge < -0.3 is 19.1 Å². The van der Waals surface area contributed by atoms with E-state index < -0.39 is 29.2 Å². The van der Waals surface area contributed by atoms with Gasteiger partial charge in [0, 0.05) is 43.6 Å². The molecule has 0 saturated carbocycles. The van der Waals surface area contributed by atoms with Crippen LogP contribution in [0.15, 0.2) is 41.2 Å². The average Bonchev–Trinajstić information content (AvgIpc) is 3.64. The number of benzene rings is 2. The first kappa shape index (κ1) is 31.3. The summed E-state index contributed by atoms with van der Waals surface area (Å²) in [6.07, 6.45) is 2.90. The lowest BCUT2D eigenvalue weighted by Gasteiger charge is -2.32. The van der Waals surface area contributed by atoms with Crippen LogP contribution in [0.3, 0.4) is 0 Å². The summed E-state index contributed by atoms with van der Waals surface area (Å²) in [4.78, 5) is 43.4. The fourth-order valence-electron chi connectivity index (χ4n) is 5.96. The first-order valence-electron chi connectivity index (χ1n) is 15.5. The molecule has 11 nitrogen and oxygen atoms in total. The number of aromatic nitrogens is 4. The number of hydrogen-bond donors (Lipinski definition) is 0. The number of fused-ring (bicyclic) bond motifs is 1. The number of carbonyl (C=O) groups is 2. The molecule has 0 aliphatic carbocycles. The van der Waals surface area contributed by atoms with Gasteiger partial charge in [0.05, 0.1) is 16.6 Å². The Morgan fingerprint density at radius 2 is 1.80 bits per heavy atom. The molecule has 0 N–H and O–H groups in total. The summed E-state index contributed by atoms with van der Waals surface area (Å²) in [6.45, 7) is 10.7. The molecule has 0 spiro atoms. The summed E-state index contributed by atoms with van der Waals surface area (Å²) in [5, 5.41) is 4.43. The molecular formula is C33H37F2N7O4. The molecule has 2 saturated heterocycles. The van der Waals surface area contributed by atoms with Crippen molar-refractivity contribution >= 4 is 34.4 Å². The van der Waals surface area contributed by atoms with Crippen molar-refractivity contribution in [1.82, 2.24) is 25.0 Å². The van der Waals surface area contributed by atoms with Gasteiger partial charge in [-0.15, -0.1) is 0 Å². The number of anilines is 2. The average molecular weight is 634 g/mol. The number of halogens is 2. The van der Waals surface area contributed by atoms with E-state index in [4.69, 9.17) is 9.26 Å². The molecule has 0 atom stereocenters. The maximum atomic E-state index is 15.6. The van der Waals surface area contributed by atoms with Gasteiger partial charge in [0.25, 0.3) is 0 Å². The molecule has 4 heterocycles. The first-order valence-corrected chi connectivity index (χ1v) is 15.5. The summed E-state index contributed by atoms with van der Waals surface area (Å²) >= 11 is 0. The van der Waals surface area contributed by atoms with E-state index >= 15 is 8.78 Å². The number of amides is 2. The molecule has 242 valence electrons. The number of rotatable bonds is 7. The quantitative estimate of drug-likeness (QED) is 0.224. The molecule has 2 fully saturated rings. The van der Waals surface area contributed by atoms with Gasteiger partial charge in [-0.1, -0.05) is 25.1 Å². The zero-order valence-electron chi connectivity index (χ0n) is 26.6. The number of urea groups is 1. The highest BCUT2D eigenvalue weighted by Crippen LogP contribution is 2.37. The van der Waals surface area contributed by atoms with Crippen LogP contribution in [0.4, 0.5) is 25.1 Å². The largest absolute Gasteiger partial charge is 0.459 e. The standard InChI is InChI=1S/C33H37F2N7O4/c1-19(2)31-38-29(39-46-31)20-10-12-40(13-11-20)30-27-23(34)8-7-22(28(27)36-18-37-30)21-6-9-25(24(35)16-21)42-15-14-41(32(42)44)17-26(43)45-33(3,4)5/h6-9,16,18-20H,10-15,17H2,1-5H3. The molecular weight excluding hydrogens is 596 g/mol. The highest BCUT2D eigenvalue weighted by Gasteiger charge is 2.34. The van der Waals surface area contributed by atoms with E-state index in [0.717, 1.165) is 12.8 Å². The summed E-state index contributed by atoms with van der Waals surface area (Å²) in [6, 6.07) is 6.94. The van der Waals surface area contributed by atoms with Crippen LogP contribution >= 0.6 is 0 Å². The Kier molecular flexibility index (Phi) is 8.34. The molecule has 2 aromatic carbocycles. The normalized spacial score (nSPS) is 16.3. The van der Waals surface area contributed by atoms with Gasteiger partial charge in [0.15, 0.2) is 5.82 Å². The fourth-order valence-corrected chi connectivity index (χ4v) is 5.96. The van der Waals surface area contributed by atoms with Crippen LogP contribution in [0.5, 0.6) is 0 Å². The van der Waals surface area contributed by atoms with Crippen molar-refractivity contribution in [3.8, 4) is 11.1 Å². The van der Waals surface area contributed by atoms with Crippen molar-refractivity contribution in [2.75, 3.05) is 42.5 Å². The van der Waals surface area contributed by atoms with E-state index in [-0.39, 0.29) is 42.5 Å². The topological polar surface area (TPSA) is 118 Å². The van der Waals surface area contributed by atoms with Crippen molar-refractivity contribution in [1.29, 1.82) is 0 Å². The maximum absolute atomic E-state index is 15.6. The molecule has 2 aliphatic heterocycles. The van der Waals surface area contributed by atoms with Crippen LogP contribution < -0.4 is 9.80 Å². The minimum absolute atomic E-state index is 0.0900. The van der Waals surface area contributed by atoms with Crippen molar-refractivity contribution in [2.45, 2.75) is 64.9 Å². The maximum Gasteiger partial charge on any atom is 0.326 e. The molecule has 0 bridgehead atoms. The third kappa shape index (κ3) is 6.22. The summed E-state index contributed by atoms with van der Waals surface area (Å²) in [7, 11) is 0. The highest BCUT2D eigenvalue weighted by atomic mass is 19.1. The van der Waals surface area contributed by atoms with Gasteiger partial charge in [-0.2, -0.15) is 4.98 Å². The van der Waals surface area contributed by atoms with E-state index in [9.17, 15) is 9.59 Å². The van der Waals surface area contributed by atoms with Gasteiger partial charge in [-0.05, 0) is 63.4 Å². The lowest BCUT2D eigenvalue weighted by molar-refractivity contribution is -0.155. The fraction of sp³-hybridized carbons (Fsp3) is 0.455. The summed E-state index contributed by atoms with van der Waals surface area (Å²) in [5.41, 5.74) is 0.785. The van der Waals surface area contributed by atoms with Crippen molar-refractivity contribution < 1.29 is 27.6 Å². The number of hydrogen-bond acceptors (Lipinski definition) is 9. The Labute approximate surface area is 265 Å². The highest BCUT2D eigenvalue weighted by molar-refractivity contribution is 6.00. The molecule has 0 radical (unpaired) electrons. The van der Waals surface area contributed by atoms with E-state index in [2.05, 4.69) is 20.1 Å². The minimum Gasteiger partial charge on any atom is -0.459 e. The Bertz CT molecular complexity index is 1780. The number of piperidine rings is 1. The predicted molar refractivity (Wildman–Crippen MR) is 168 cm³/mol. The van der Waals surface area contributed by atoms with E-state index in [1.807, 2.05) is 18.7 Å². The predicted octanol–water partition coefficient (Wildman–Crippen LogP) is 6.05. The van der Waals surface area contributed by atoms with Crippen molar-refractivity contribution in [3.05, 3.63) is 60.0 Å². The van der Waals surface area contributed by atoms with E-state index in [1.165, 1.54) is 34.3 Å². The molecule has 46 heavy (non-hydrogen) atoms.